The van der Waals surface area contributed by atoms with E-state index in [1.54, 1.807) is 0 Å². The lowest BCUT2D eigenvalue weighted by atomic mass is 10.0. The van der Waals surface area contributed by atoms with Crippen molar-refractivity contribution in [1.82, 2.24) is 10.2 Å². The molecule has 0 radical (unpaired) electrons. The maximum atomic E-state index is 12.1. The maximum Gasteiger partial charge on any atom is 0.317 e. The van der Waals surface area contributed by atoms with Crippen molar-refractivity contribution in [3.63, 3.8) is 0 Å². The Morgan fingerprint density at radius 2 is 2.21 bits per heavy atom. The van der Waals surface area contributed by atoms with Gasteiger partial charge in [-0.25, -0.2) is 4.79 Å². The number of carboxylic acids is 1. The smallest absolute Gasteiger partial charge is 0.317 e. The molecule has 19 heavy (non-hydrogen) atoms. The fraction of sp³-hybridized carbons (Fsp3) is 0.846. The van der Waals surface area contributed by atoms with Crippen molar-refractivity contribution < 1.29 is 14.7 Å². The molecule has 2 aliphatic heterocycles. The summed E-state index contributed by atoms with van der Waals surface area (Å²) < 4.78 is 0. The molecule has 6 heteroatoms. The van der Waals surface area contributed by atoms with Gasteiger partial charge in [0.05, 0.1) is 0 Å². The van der Waals surface area contributed by atoms with Gasteiger partial charge in [0.2, 0.25) is 0 Å². The fourth-order valence-corrected chi connectivity index (χ4v) is 3.77. The van der Waals surface area contributed by atoms with Gasteiger partial charge in [-0.2, -0.15) is 11.8 Å². The van der Waals surface area contributed by atoms with Crippen molar-refractivity contribution in [3.05, 3.63) is 0 Å². The molecule has 2 atom stereocenters. The second-order valence-electron chi connectivity index (χ2n) is 5.40. The van der Waals surface area contributed by atoms with Gasteiger partial charge in [-0.1, -0.05) is 0 Å². The van der Waals surface area contributed by atoms with E-state index in [4.69, 9.17) is 5.11 Å². The number of aliphatic carboxylic acids is 1. The lowest BCUT2D eigenvalue weighted by Crippen LogP contribution is -2.45. The van der Waals surface area contributed by atoms with Crippen molar-refractivity contribution in [2.24, 2.45) is 5.92 Å². The summed E-state index contributed by atoms with van der Waals surface area (Å²) in [6.07, 6.45) is 4.07. The second kappa shape index (κ2) is 7.03. The minimum Gasteiger partial charge on any atom is -0.481 e. The summed E-state index contributed by atoms with van der Waals surface area (Å²) in [5, 5.41) is 11.8. The summed E-state index contributed by atoms with van der Waals surface area (Å²) in [6.45, 7) is 1.47. The van der Waals surface area contributed by atoms with E-state index < -0.39 is 5.97 Å². The number of likely N-dealkylation sites (tertiary alicyclic amines) is 1. The van der Waals surface area contributed by atoms with Gasteiger partial charge in [0, 0.05) is 31.3 Å². The molecule has 0 spiro atoms. The highest BCUT2D eigenvalue weighted by Gasteiger charge is 2.28. The van der Waals surface area contributed by atoms with E-state index in [2.05, 4.69) is 5.32 Å². The molecule has 2 saturated heterocycles. The number of carbonyl (C=O) groups is 2. The van der Waals surface area contributed by atoms with Crippen LogP contribution in [-0.2, 0) is 4.79 Å². The average Bonchev–Trinajstić information content (AvgIpc) is 2.86. The third kappa shape index (κ3) is 4.60. The molecule has 2 fully saturated rings. The molecule has 2 N–H and O–H groups in total. The van der Waals surface area contributed by atoms with E-state index in [1.807, 2.05) is 16.7 Å². The minimum atomic E-state index is -0.748. The number of rotatable bonds is 4. The zero-order valence-electron chi connectivity index (χ0n) is 11.1. The van der Waals surface area contributed by atoms with E-state index in [0.717, 1.165) is 25.1 Å². The standard InChI is InChI=1S/C13H22N2O3S/c16-12(17)4-3-10-5-6-15(8-10)13(18)14-11-2-1-7-19-9-11/h10-11H,1-9H2,(H,14,18)(H,16,17). The van der Waals surface area contributed by atoms with Crippen molar-refractivity contribution in [1.29, 1.82) is 0 Å². The molecular weight excluding hydrogens is 264 g/mol. The molecule has 0 saturated carbocycles. The quantitative estimate of drug-likeness (QED) is 0.826. The molecular formula is C13H22N2O3S. The first-order chi connectivity index (χ1) is 9.15. The molecule has 0 aromatic carbocycles. The molecule has 0 bridgehead atoms. The van der Waals surface area contributed by atoms with E-state index >= 15 is 0 Å². The van der Waals surface area contributed by atoms with E-state index in [9.17, 15) is 9.59 Å². The number of nitrogens with one attached hydrogen (secondary N) is 1. The van der Waals surface area contributed by atoms with Gasteiger partial charge >= 0.3 is 12.0 Å². The van der Waals surface area contributed by atoms with Gasteiger partial charge < -0.3 is 15.3 Å². The predicted octanol–water partition coefficient (Wildman–Crippen LogP) is 1.78. The molecule has 2 rings (SSSR count). The second-order valence-corrected chi connectivity index (χ2v) is 6.55. The number of thioether (sulfide) groups is 1. The monoisotopic (exact) mass is 286 g/mol. The molecule has 0 aliphatic carbocycles. The lowest BCUT2D eigenvalue weighted by Gasteiger charge is -2.25. The molecule has 0 aromatic rings. The zero-order chi connectivity index (χ0) is 13.7. The maximum absolute atomic E-state index is 12.1. The molecule has 108 valence electrons. The molecule has 0 aromatic heterocycles. The number of hydrogen-bond donors (Lipinski definition) is 2. The van der Waals surface area contributed by atoms with Crippen LogP contribution in [0.2, 0.25) is 0 Å². The van der Waals surface area contributed by atoms with Gasteiger partial charge in [-0.3, -0.25) is 4.79 Å². The average molecular weight is 286 g/mol. The minimum absolute atomic E-state index is 0.0327. The summed E-state index contributed by atoms with van der Waals surface area (Å²) in [5.74, 6) is 1.82. The number of nitrogens with zero attached hydrogens (tertiary/aromatic N) is 1. The number of hydrogen-bond acceptors (Lipinski definition) is 3. The first-order valence-electron chi connectivity index (χ1n) is 7.00. The third-order valence-electron chi connectivity index (χ3n) is 3.83. The number of carboxylic acid groups (broad SMARTS) is 1. The van der Waals surface area contributed by atoms with Crippen LogP contribution in [-0.4, -0.2) is 52.6 Å². The Morgan fingerprint density at radius 1 is 1.37 bits per heavy atom. The van der Waals surface area contributed by atoms with E-state index in [0.29, 0.717) is 24.9 Å². The number of urea groups is 1. The van der Waals surface area contributed by atoms with Crippen molar-refractivity contribution >= 4 is 23.8 Å². The van der Waals surface area contributed by atoms with Crippen LogP contribution in [0.5, 0.6) is 0 Å². The highest BCUT2D eigenvalue weighted by Crippen LogP contribution is 2.22. The first kappa shape index (κ1) is 14.5. The van der Waals surface area contributed by atoms with E-state index in [1.165, 1.54) is 12.2 Å². The largest absolute Gasteiger partial charge is 0.481 e. The normalized spacial score (nSPS) is 27.3. The highest BCUT2D eigenvalue weighted by atomic mass is 32.2. The van der Waals surface area contributed by atoms with Crippen LogP contribution in [0.3, 0.4) is 0 Å². The summed E-state index contributed by atoms with van der Waals surface area (Å²) in [6, 6.07) is 0.342. The highest BCUT2D eigenvalue weighted by molar-refractivity contribution is 7.99. The Bertz CT molecular complexity index is 332. The Kier molecular flexibility index (Phi) is 5.36. The van der Waals surface area contributed by atoms with Crippen LogP contribution in [0.15, 0.2) is 0 Å². The Hall–Kier alpha value is -0.910. The van der Waals surface area contributed by atoms with Gasteiger partial charge in [0.15, 0.2) is 0 Å². The van der Waals surface area contributed by atoms with Crippen LogP contribution < -0.4 is 5.32 Å². The molecule has 5 nitrogen and oxygen atoms in total. The summed E-state index contributed by atoms with van der Waals surface area (Å²) in [7, 11) is 0. The Morgan fingerprint density at radius 3 is 2.89 bits per heavy atom. The van der Waals surface area contributed by atoms with Crippen LogP contribution in [0.25, 0.3) is 0 Å². The predicted molar refractivity (Wildman–Crippen MR) is 75.4 cm³/mol. The Balaban J connectivity index is 1.70. The van der Waals surface area contributed by atoms with Crippen LogP contribution in [0.4, 0.5) is 4.79 Å². The SMILES string of the molecule is O=C(O)CCC1CCN(C(=O)NC2CCCSC2)C1. The number of amides is 2. The van der Waals surface area contributed by atoms with Crippen LogP contribution in [0, 0.1) is 5.92 Å². The van der Waals surface area contributed by atoms with Crippen molar-refractivity contribution in [2.75, 3.05) is 24.6 Å². The third-order valence-corrected chi connectivity index (χ3v) is 5.04. The summed E-state index contributed by atoms with van der Waals surface area (Å²) in [5.41, 5.74) is 0. The fourth-order valence-electron chi connectivity index (χ4n) is 2.70. The molecule has 2 unspecified atom stereocenters. The lowest BCUT2D eigenvalue weighted by molar-refractivity contribution is -0.137. The van der Waals surface area contributed by atoms with Crippen LogP contribution in [0.1, 0.15) is 32.1 Å². The van der Waals surface area contributed by atoms with Crippen LogP contribution >= 0.6 is 11.8 Å². The van der Waals surface area contributed by atoms with Crippen molar-refractivity contribution in [3.8, 4) is 0 Å². The molecule has 2 heterocycles. The molecule has 2 aliphatic rings. The first-order valence-corrected chi connectivity index (χ1v) is 8.15. The zero-order valence-corrected chi connectivity index (χ0v) is 12.0. The van der Waals surface area contributed by atoms with Gasteiger partial charge in [-0.15, -0.1) is 0 Å². The topological polar surface area (TPSA) is 69.6 Å². The van der Waals surface area contributed by atoms with Gasteiger partial charge in [0.25, 0.3) is 0 Å². The van der Waals surface area contributed by atoms with E-state index in [-0.39, 0.29) is 12.5 Å². The summed E-state index contributed by atoms with van der Waals surface area (Å²) in [4.78, 5) is 24.5. The van der Waals surface area contributed by atoms with Gasteiger partial charge in [0.1, 0.15) is 0 Å². The van der Waals surface area contributed by atoms with Crippen molar-refractivity contribution in [2.45, 2.75) is 38.1 Å². The molecule has 2 amide bonds. The Labute approximate surface area is 118 Å². The summed E-state index contributed by atoms with van der Waals surface area (Å²) >= 11 is 1.90. The number of carbonyl (C=O) groups excluding carboxylic acids is 1. The van der Waals surface area contributed by atoms with Gasteiger partial charge in [-0.05, 0) is 37.4 Å².